The minimum Gasteiger partial charge on any atom is -0.381 e. The standard InChI is InChI=1S/C31H40N6O2/c1-3-36(4-2)22-31(39)37-16-14-25(15-17-37)24-10-12-27(13-11-24)35-30-19-28(26(21-34-30)18-29(32)38)33-20-23-8-6-5-7-9-23/h5-13,19,21,25H,3-4,14-18,20,22H2,1-2H3,(H2,32,38)(H2,33,34,35). The Hall–Kier alpha value is -3.91. The summed E-state index contributed by atoms with van der Waals surface area (Å²) in [6, 6.07) is 20.5. The number of hydrogen-bond acceptors (Lipinski definition) is 6. The summed E-state index contributed by atoms with van der Waals surface area (Å²) in [5, 5.41) is 6.80. The van der Waals surface area contributed by atoms with Gasteiger partial charge in [-0.2, -0.15) is 0 Å². The molecule has 0 saturated carbocycles. The SMILES string of the molecule is CCN(CC)CC(=O)N1CCC(c2ccc(Nc3cc(NCc4ccccc4)c(CC(N)=O)cn3)cc2)CC1. The Morgan fingerprint density at radius 2 is 1.72 bits per heavy atom. The zero-order chi connectivity index (χ0) is 27.6. The van der Waals surface area contributed by atoms with E-state index in [0.29, 0.717) is 24.8 Å². The highest BCUT2D eigenvalue weighted by molar-refractivity contribution is 5.79. The molecule has 2 heterocycles. The van der Waals surface area contributed by atoms with E-state index >= 15 is 0 Å². The van der Waals surface area contributed by atoms with E-state index in [1.54, 1.807) is 6.20 Å². The number of pyridine rings is 1. The van der Waals surface area contributed by atoms with Crippen LogP contribution in [0.25, 0.3) is 0 Å². The Morgan fingerprint density at radius 3 is 2.36 bits per heavy atom. The third-order valence-corrected chi connectivity index (χ3v) is 7.43. The van der Waals surface area contributed by atoms with Gasteiger partial charge < -0.3 is 21.3 Å². The lowest BCUT2D eigenvalue weighted by Crippen LogP contribution is -2.43. The molecule has 8 nitrogen and oxygen atoms in total. The average molecular weight is 529 g/mol. The van der Waals surface area contributed by atoms with Gasteiger partial charge in [0.05, 0.1) is 13.0 Å². The number of piperidine rings is 1. The molecule has 0 radical (unpaired) electrons. The monoisotopic (exact) mass is 528 g/mol. The summed E-state index contributed by atoms with van der Waals surface area (Å²) in [6.07, 6.45) is 3.79. The molecule has 4 N–H and O–H groups in total. The molecular formula is C31H40N6O2. The van der Waals surface area contributed by atoms with E-state index in [9.17, 15) is 9.59 Å². The molecule has 0 aliphatic carbocycles. The highest BCUT2D eigenvalue weighted by Crippen LogP contribution is 2.30. The molecule has 39 heavy (non-hydrogen) atoms. The Bertz CT molecular complexity index is 1220. The quantitative estimate of drug-likeness (QED) is 0.320. The number of likely N-dealkylation sites (tertiary alicyclic amines) is 1. The second-order valence-corrected chi connectivity index (χ2v) is 10.1. The fraction of sp³-hybridized carbons (Fsp3) is 0.387. The molecule has 206 valence electrons. The number of rotatable bonds is 12. The van der Waals surface area contributed by atoms with Gasteiger partial charge in [0.1, 0.15) is 5.82 Å². The molecule has 0 unspecified atom stereocenters. The topological polar surface area (TPSA) is 104 Å². The summed E-state index contributed by atoms with van der Waals surface area (Å²) < 4.78 is 0. The van der Waals surface area contributed by atoms with Crippen molar-refractivity contribution in [3.05, 3.63) is 83.6 Å². The van der Waals surface area contributed by atoms with Crippen molar-refractivity contribution in [1.29, 1.82) is 0 Å². The smallest absolute Gasteiger partial charge is 0.236 e. The van der Waals surface area contributed by atoms with Crippen molar-refractivity contribution >= 4 is 29.0 Å². The van der Waals surface area contributed by atoms with Crippen LogP contribution in [0.4, 0.5) is 17.2 Å². The molecular weight excluding hydrogens is 488 g/mol. The summed E-state index contributed by atoms with van der Waals surface area (Å²) in [6.45, 7) is 8.76. The van der Waals surface area contributed by atoms with Crippen molar-refractivity contribution in [2.24, 2.45) is 5.73 Å². The maximum Gasteiger partial charge on any atom is 0.236 e. The number of aromatic nitrogens is 1. The van der Waals surface area contributed by atoms with Gasteiger partial charge in [-0.1, -0.05) is 56.3 Å². The number of likely N-dealkylation sites (N-methyl/N-ethyl adjacent to an activating group) is 1. The second-order valence-electron chi connectivity index (χ2n) is 10.1. The number of anilines is 3. The highest BCUT2D eigenvalue weighted by Gasteiger charge is 2.24. The number of amides is 2. The van der Waals surface area contributed by atoms with E-state index < -0.39 is 5.91 Å². The lowest BCUT2D eigenvalue weighted by molar-refractivity contribution is -0.133. The van der Waals surface area contributed by atoms with E-state index in [0.717, 1.165) is 61.5 Å². The van der Waals surface area contributed by atoms with Gasteiger partial charge >= 0.3 is 0 Å². The molecule has 1 aliphatic rings. The largest absolute Gasteiger partial charge is 0.381 e. The van der Waals surface area contributed by atoms with Gasteiger partial charge in [0.15, 0.2) is 0 Å². The summed E-state index contributed by atoms with van der Waals surface area (Å²) >= 11 is 0. The van der Waals surface area contributed by atoms with E-state index in [2.05, 4.69) is 70.8 Å². The van der Waals surface area contributed by atoms with Crippen LogP contribution in [0.5, 0.6) is 0 Å². The maximum atomic E-state index is 12.6. The third-order valence-electron chi connectivity index (χ3n) is 7.43. The van der Waals surface area contributed by atoms with E-state index in [1.165, 1.54) is 5.56 Å². The van der Waals surface area contributed by atoms with E-state index in [1.807, 2.05) is 29.2 Å². The first kappa shape index (κ1) is 28.1. The van der Waals surface area contributed by atoms with Crippen molar-refractivity contribution in [2.45, 2.75) is 45.6 Å². The van der Waals surface area contributed by atoms with Crippen LogP contribution in [-0.2, 0) is 22.6 Å². The van der Waals surface area contributed by atoms with Gasteiger partial charge in [-0.15, -0.1) is 0 Å². The molecule has 1 aliphatic heterocycles. The molecule has 0 spiro atoms. The fourth-order valence-corrected chi connectivity index (χ4v) is 5.03. The van der Waals surface area contributed by atoms with Crippen molar-refractivity contribution in [2.75, 3.05) is 43.4 Å². The minimum atomic E-state index is -0.394. The number of carbonyl (C=O) groups excluding carboxylic acids is 2. The summed E-state index contributed by atoms with van der Waals surface area (Å²) in [5.74, 6) is 0.988. The first-order valence-corrected chi connectivity index (χ1v) is 13.9. The Kier molecular flexibility index (Phi) is 9.91. The molecule has 1 saturated heterocycles. The third kappa shape index (κ3) is 8.04. The number of benzene rings is 2. The van der Waals surface area contributed by atoms with E-state index in [4.69, 9.17) is 5.73 Å². The molecule has 8 heteroatoms. The predicted octanol–water partition coefficient (Wildman–Crippen LogP) is 4.51. The molecule has 4 rings (SSSR count). The summed E-state index contributed by atoms with van der Waals surface area (Å²) in [7, 11) is 0. The maximum absolute atomic E-state index is 12.6. The van der Waals surface area contributed by atoms with Crippen LogP contribution in [0.1, 0.15) is 49.3 Å². The van der Waals surface area contributed by atoms with Crippen LogP contribution in [0.3, 0.4) is 0 Å². The van der Waals surface area contributed by atoms with Crippen molar-refractivity contribution in [3.63, 3.8) is 0 Å². The van der Waals surface area contributed by atoms with Gasteiger partial charge in [0.25, 0.3) is 0 Å². The summed E-state index contributed by atoms with van der Waals surface area (Å²) in [5.41, 5.74) is 10.4. The Balaban J connectivity index is 1.36. The van der Waals surface area contributed by atoms with Gasteiger partial charge in [0.2, 0.25) is 11.8 Å². The molecule has 3 aromatic rings. The minimum absolute atomic E-state index is 0.124. The number of hydrogen-bond donors (Lipinski definition) is 3. The number of nitrogens with two attached hydrogens (primary N) is 1. The van der Waals surface area contributed by atoms with Crippen molar-refractivity contribution in [3.8, 4) is 0 Å². The fourth-order valence-electron chi connectivity index (χ4n) is 5.03. The second kappa shape index (κ2) is 13.8. The number of nitrogens with zero attached hydrogens (tertiary/aromatic N) is 3. The zero-order valence-electron chi connectivity index (χ0n) is 23.0. The first-order valence-electron chi connectivity index (χ1n) is 13.9. The molecule has 2 amide bonds. The predicted molar refractivity (Wildman–Crippen MR) is 157 cm³/mol. The van der Waals surface area contributed by atoms with Crippen LogP contribution in [0, 0.1) is 0 Å². The Morgan fingerprint density at radius 1 is 1.03 bits per heavy atom. The average Bonchev–Trinajstić information content (AvgIpc) is 2.96. The normalized spacial score (nSPS) is 13.9. The molecule has 1 fully saturated rings. The Labute approximate surface area is 231 Å². The number of nitrogens with one attached hydrogen (secondary N) is 2. The van der Waals surface area contributed by atoms with Crippen LogP contribution >= 0.6 is 0 Å². The number of carbonyl (C=O) groups is 2. The van der Waals surface area contributed by atoms with Crippen LogP contribution in [0.2, 0.25) is 0 Å². The highest BCUT2D eigenvalue weighted by atomic mass is 16.2. The van der Waals surface area contributed by atoms with Crippen molar-refractivity contribution < 1.29 is 9.59 Å². The van der Waals surface area contributed by atoms with Crippen LogP contribution < -0.4 is 16.4 Å². The van der Waals surface area contributed by atoms with Gasteiger partial charge in [-0.25, -0.2) is 4.98 Å². The summed E-state index contributed by atoms with van der Waals surface area (Å²) in [4.78, 5) is 32.9. The molecule has 0 atom stereocenters. The molecule has 1 aromatic heterocycles. The molecule has 0 bridgehead atoms. The van der Waals surface area contributed by atoms with Gasteiger partial charge in [-0.3, -0.25) is 14.5 Å². The van der Waals surface area contributed by atoms with Crippen LogP contribution in [-0.4, -0.2) is 59.3 Å². The van der Waals surface area contributed by atoms with Crippen molar-refractivity contribution in [1.82, 2.24) is 14.8 Å². The lowest BCUT2D eigenvalue weighted by Gasteiger charge is -2.33. The number of primary amides is 1. The van der Waals surface area contributed by atoms with E-state index in [-0.39, 0.29) is 12.3 Å². The lowest BCUT2D eigenvalue weighted by atomic mass is 9.89. The first-order chi connectivity index (χ1) is 18.9. The van der Waals surface area contributed by atoms with Gasteiger partial charge in [-0.05, 0) is 55.1 Å². The van der Waals surface area contributed by atoms with Gasteiger partial charge in [0, 0.05) is 48.8 Å². The molecule has 2 aromatic carbocycles. The van der Waals surface area contributed by atoms with Crippen LogP contribution in [0.15, 0.2) is 66.9 Å². The zero-order valence-corrected chi connectivity index (χ0v) is 23.0.